The van der Waals surface area contributed by atoms with Gasteiger partial charge in [0.15, 0.2) is 0 Å². The van der Waals surface area contributed by atoms with Crippen LogP contribution in [0.25, 0.3) is 0 Å². The number of non-ortho nitro benzene ring substituents is 1. The highest BCUT2D eigenvalue weighted by molar-refractivity contribution is 5.51. The number of piperazine rings is 1. The molecule has 6 rings (SSSR count). The number of nitro benzene ring substituents is 1. The molecule has 5 aliphatic rings. The van der Waals surface area contributed by atoms with Crippen molar-refractivity contribution in [3.63, 3.8) is 0 Å². The SMILES string of the molecule is O=[N+]([O-])c1ccc(N2CCN(C3C4CC5CC(C4)CC3C5)CC2)cc1. The number of hydrogen-bond donors (Lipinski definition) is 0. The lowest BCUT2D eigenvalue weighted by atomic mass is 9.54. The molecule has 25 heavy (non-hydrogen) atoms. The van der Waals surface area contributed by atoms with Crippen molar-refractivity contribution in [2.75, 3.05) is 31.1 Å². The standard InChI is InChI=1S/C20H27N3O2/c24-23(25)19-3-1-18(2-4-19)21-5-7-22(8-6-21)20-16-10-14-9-15(12-16)13-17(20)11-14/h1-4,14-17,20H,5-13H2. The number of benzene rings is 1. The first-order chi connectivity index (χ1) is 12.2. The van der Waals surface area contributed by atoms with Crippen LogP contribution in [0.15, 0.2) is 24.3 Å². The lowest BCUT2D eigenvalue weighted by molar-refractivity contribution is -0.384. The largest absolute Gasteiger partial charge is 0.369 e. The summed E-state index contributed by atoms with van der Waals surface area (Å²) in [5, 5.41) is 10.8. The second-order valence-electron chi connectivity index (χ2n) is 8.72. The van der Waals surface area contributed by atoms with Crippen LogP contribution in [-0.2, 0) is 0 Å². The Kier molecular flexibility index (Phi) is 3.73. The molecule has 0 atom stereocenters. The van der Waals surface area contributed by atoms with Gasteiger partial charge in [0, 0.05) is 50.0 Å². The van der Waals surface area contributed by atoms with E-state index in [1.807, 2.05) is 12.1 Å². The molecule has 5 heteroatoms. The molecule has 0 N–H and O–H groups in total. The quantitative estimate of drug-likeness (QED) is 0.623. The van der Waals surface area contributed by atoms with Crippen molar-refractivity contribution in [2.24, 2.45) is 23.7 Å². The van der Waals surface area contributed by atoms with E-state index >= 15 is 0 Å². The fourth-order valence-electron chi connectivity index (χ4n) is 6.56. The molecule has 4 bridgehead atoms. The number of rotatable bonds is 3. The van der Waals surface area contributed by atoms with E-state index in [1.165, 1.54) is 32.1 Å². The summed E-state index contributed by atoms with van der Waals surface area (Å²) in [5.74, 6) is 4.00. The zero-order valence-electron chi connectivity index (χ0n) is 14.7. The van der Waals surface area contributed by atoms with Gasteiger partial charge in [-0.2, -0.15) is 0 Å². The summed E-state index contributed by atoms with van der Waals surface area (Å²) in [6.07, 6.45) is 7.47. The summed E-state index contributed by atoms with van der Waals surface area (Å²) in [6, 6.07) is 7.89. The van der Waals surface area contributed by atoms with Crippen LogP contribution in [0, 0.1) is 33.8 Å². The molecule has 1 aromatic rings. The summed E-state index contributed by atoms with van der Waals surface area (Å²) < 4.78 is 0. The van der Waals surface area contributed by atoms with E-state index in [0.29, 0.717) is 0 Å². The lowest BCUT2D eigenvalue weighted by Gasteiger charge is -2.58. The van der Waals surface area contributed by atoms with Crippen molar-refractivity contribution >= 4 is 11.4 Å². The van der Waals surface area contributed by atoms with E-state index in [1.54, 1.807) is 12.1 Å². The van der Waals surface area contributed by atoms with Crippen LogP contribution in [-0.4, -0.2) is 42.0 Å². The van der Waals surface area contributed by atoms with Crippen LogP contribution >= 0.6 is 0 Å². The fourth-order valence-corrected chi connectivity index (χ4v) is 6.56. The molecular formula is C20H27N3O2. The summed E-state index contributed by atoms with van der Waals surface area (Å²) in [7, 11) is 0. The Balaban J connectivity index is 1.23. The Labute approximate surface area is 149 Å². The Morgan fingerprint density at radius 1 is 0.840 bits per heavy atom. The smallest absolute Gasteiger partial charge is 0.269 e. The van der Waals surface area contributed by atoms with Gasteiger partial charge in [-0.3, -0.25) is 15.0 Å². The van der Waals surface area contributed by atoms with Gasteiger partial charge in [0.2, 0.25) is 0 Å². The summed E-state index contributed by atoms with van der Waals surface area (Å²) in [6.45, 7) is 4.37. The van der Waals surface area contributed by atoms with Gasteiger partial charge in [-0.05, 0) is 67.9 Å². The predicted molar refractivity (Wildman–Crippen MR) is 97.7 cm³/mol. The zero-order valence-corrected chi connectivity index (χ0v) is 14.7. The van der Waals surface area contributed by atoms with Crippen molar-refractivity contribution < 1.29 is 4.92 Å². The van der Waals surface area contributed by atoms with Crippen LogP contribution in [0.4, 0.5) is 11.4 Å². The van der Waals surface area contributed by atoms with Crippen molar-refractivity contribution in [3.8, 4) is 0 Å². The molecule has 5 nitrogen and oxygen atoms in total. The van der Waals surface area contributed by atoms with Crippen LogP contribution in [0.5, 0.6) is 0 Å². The van der Waals surface area contributed by atoms with Gasteiger partial charge in [-0.25, -0.2) is 0 Å². The molecule has 0 spiro atoms. The number of nitro groups is 1. The molecule has 0 unspecified atom stereocenters. The molecular weight excluding hydrogens is 314 g/mol. The zero-order chi connectivity index (χ0) is 17.0. The molecule has 4 saturated carbocycles. The minimum absolute atomic E-state index is 0.177. The predicted octanol–water partition coefficient (Wildman–Crippen LogP) is 3.54. The van der Waals surface area contributed by atoms with E-state index in [4.69, 9.17) is 0 Å². The van der Waals surface area contributed by atoms with Gasteiger partial charge in [-0.15, -0.1) is 0 Å². The third-order valence-corrected chi connectivity index (χ3v) is 7.34. The number of nitrogens with zero attached hydrogens (tertiary/aromatic N) is 3. The Morgan fingerprint density at radius 3 is 1.92 bits per heavy atom. The maximum atomic E-state index is 10.8. The number of anilines is 1. The van der Waals surface area contributed by atoms with E-state index in [-0.39, 0.29) is 10.6 Å². The second kappa shape index (κ2) is 5.97. The van der Waals surface area contributed by atoms with Crippen LogP contribution < -0.4 is 4.90 Å². The first-order valence-corrected chi connectivity index (χ1v) is 9.91. The van der Waals surface area contributed by atoms with Crippen LogP contribution in [0.2, 0.25) is 0 Å². The normalized spacial score (nSPS) is 37.4. The molecule has 0 amide bonds. The highest BCUT2D eigenvalue weighted by Crippen LogP contribution is 2.55. The molecule has 5 fully saturated rings. The minimum atomic E-state index is -0.325. The summed E-state index contributed by atoms with van der Waals surface area (Å²) >= 11 is 0. The van der Waals surface area contributed by atoms with E-state index in [2.05, 4.69) is 9.80 Å². The molecule has 0 aromatic heterocycles. The van der Waals surface area contributed by atoms with Crippen LogP contribution in [0.3, 0.4) is 0 Å². The Hall–Kier alpha value is -1.62. The van der Waals surface area contributed by atoms with Gasteiger partial charge in [0.05, 0.1) is 4.92 Å². The molecule has 1 aromatic carbocycles. The summed E-state index contributed by atoms with van der Waals surface area (Å²) in [4.78, 5) is 15.7. The first kappa shape index (κ1) is 15.6. The molecule has 1 saturated heterocycles. The summed E-state index contributed by atoms with van der Waals surface area (Å²) in [5.41, 5.74) is 1.30. The highest BCUT2D eigenvalue weighted by atomic mass is 16.6. The monoisotopic (exact) mass is 341 g/mol. The van der Waals surface area contributed by atoms with Crippen molar-refractivity contribution in [3.05, 3.63) is 34.4 Å². The van der Waals surface area contributed by atoms with Gasteiger partial charge in [0.25, 0.3) is 5.69 Å². The topological polar surface area (TPSA) is 49.6 Å². The van der Waals surface area contributed by atoms with E-state index in [0.717, 1.165) is 61.6 Å². The minimum Gasteiger partial charge on any atom is -0.369 e. The van der Waals surface area contributed by atoms with Crippen molar-refractivity contribution in [1.29, 1.82) is 0 Å². The molecule has 1 heterocycles. The molecule has 4 aliphatic carbocycles. The fraction of sp³-hybridized carbons (Fsp3) is 0.700. The molecule has 134 valence electrons. The van der Waals surface area contributed by atoms with E-state index < -0.39 is 0 Å². The number of hydrogen-bond acceptors (Lipinski definition) is 4. The van der Waals surface area contributed by atoms with Crippen molar-refractivity contribution in [1.82, 2.24) is 4.90 Å². The highest BCUT2D eigenvalue weighted by Gasteiger charge is 2.50. The van der Waals surface area contributed by atoms with Gasteiger partial charge < -0.3 is 4.90 Å². The van der Waals surface area contributed by atoms with Gasteiger partial charge in [-0.1, -0.05) is 0 Å². The first-order valence-electron chi connectivity index (χ1n) is 9.91. The maximum absolute atomic E-state index is 10.8. The van der Waals surface area contributed by atoms with Crippen LogP contribution in [0.1, 0.15) is 32.1 Å². The maximum Gasteiger partial charge on any atom is 0.269 e. The van der Waals surface area contributed by atoms with Gasteiger partial charge in [0.1, 0.15) is 0 Å². The Morgan fingerprint density at radius 2 is 1.40 bits per heavy atom. The van der Waals surface area contributed by atoms with Gasteiger partial charge >= 0.3 is 0 Å². The molecule has 1 aliphatic heterocycles. The third-order valence-electron chi connectivity index (χ3n) is 7.34. The second-order valence-corrected chi connectivity index (χ2v) is 8.72. The average molecular weight is 341 g/mol. The Bertz CT molecular complexity index is 623. The van der Waals surface area contributed by atoms with Crippen molar-refractivity contribution in [2.45, 2.75) is 38.1 Å². The van der Waals surface area contributed by atoms with E-state index in [9.17, 15) is 10.1 Å². The average Bonchev–Trinajstić information content (AvgIpc) is 2.61. The lowest BCUT2D eigenvalue weighted by Crippen LogP contribution is -2.60. The molecule has 0 radical (unpaired) electrons. The third kappa shape index (κ3) is 2.73.